The topological polar surface area (TPSA) is 94.9 Å². The van der Waals surface area contributed by atoms with Gasteiger partial charge in [0, 0.05) is 12.4 Å². The van der Waals surface area contributed by atoms with E-state index in [0.717, 1.165) is 5.56 Å². The molecule has 3 aromatic rings. The highest BCUT2D eigenvalue weighted by atomic mass is 16.5. The molecular weight excluding hydrogens is 272 g/mol. The fourth-order valence-electron chi connectivity index (χ4n) is 1.99. The zero-order chi connectivity index (χ0) is 14.8. The van der Waals surface area contributed by atoms with Crippen LogP contribution in [0.3, 0.4) is 0 Å². The Labute approximate surface area is 120 Å². The van der Waals surface area contributed by atoms with Crippen LogP contribution < -0.4 is 15.2 Å². The number of nitrogens with zero attached hydrogens (tertiary/aromatic N) is 3. The van der Waals surface area contributed by atoms with E-state index < -0.39 is 0 Å². The fraction of sp³-hybridized carbons (Fsp3) is 0.143. The van der Waals surface area contributed by atoms with E-state index in [1.165, 1.54) is 7.11 Å². The maximum absolute atomic E-state index is 9.15. The lowest BCUT2D eigenvalue weighted by Gasteiger charge is -2.11. The molecule has 0 fully saturated rings. The molecule has 0 atom stereocenters. The van der Waals surface area contributed by atoms with E-state index in [0.29, 0.717) is 23.0 Å². The number of hydrogen-bond donors (Lipinski definition) is 2. The van der Waals surface area contributed by atoms with Gasteiger partial charge in [-0.1, -0.05) is 6.07 Å². The monoisotopic (exact) mass is 286 g/mol. The Morgan fingerprint density at radius 3 is 2.95 bits per heavy atom. The first-order valence-electron chi connectivity index (χ1n) is 6.26. The second-order valence-corrected chi connectivity index (χ2v) is 4.37. The van der Waals surface area contributed by atoms with Crippen LogP contribution in [-0.2, 0) is 6.61 Å². The number of rotatable bonds is 4. The minimum absolute atomic E-state index is 0.0717. The zero-order valence-electron chi connectivity index (χ0n) is 11.4. The van der Waals surface area contributed by atoms with Crippen molar-refractivity contribution in [3.05, 3.63) is 42.4 Å². The molecule has 0 aliphatic heterocycles. The smallest absolute Gasteiger partial charge is 0.265 e. The summed E-state index contributed by atoms with van der Waals surface area (Å²) in [4.78, 5) is 8.34. The SMILES string of the molecule is COc1cc(CO)ccc1Oc1nc(N)cn2ccnc12. The lowest BCUT2D eigenvalue weighted by Crippen LogP contribution is -2.00. The molecule has 7 heteroatoms. The number of fused-ring (bicyclic) bond motifs is 1. The Kier molecular flexibility index (Phi) is 3.33. The molecule has 3 N–H and O–H groups in total. The number of aliphatic hydroxyl groups is 1. The van der Waals surface area contributed by atoms with E-state index in [1.54, 1.807) is 41.2 Å². The molecule has 0 saturated carbocycles. The van der Waals surface area contributed by atoms with E-state index in [4.69, 9.17) is 20.3 Å². The maximum Gasteiger partial charge on any atom is 0.265 e. The molecule has 0 amide bonds. The van der Waals surface area contributed by atoms with E-state index in [1.807, 2.05) is 0 Å². The lowest BCUT2D eigenvalue weighted by atomic mass is 10.2. The summed E-state index contributed by atoms with van der Waals surface area (Å²) in [6.45, 7) is -0.0717. The quantitative estimate of drug-likeness (QED) is 0.756. The molecule has 0 saturated heterocycles. The number of anilines is 1. The molecule has 1 aromatic carbocycles. The van der Waals surface area contributed by atoms with Gasteiger partial charge in [-0.2, -0.15) is 4.98 Å². The Morgan fingerprint density at radius 1 is 1.33 bits per heavy atom. The number of aromatic nitrogens is 3. The van der Waals surface area contributed by atoms with Gasteiger partial charge < -0.3 is 20.3 Å². The average Bonchev–Trinajstić information content (AvgIpc) is 2.96. The molecule has 2 aromatic heterocycles. The van der Waals surface area contributed by atoms with Crippen molar-refractivity contribution in [3.63, 3.8) is 0 Å². The van der Waals surface area contributed by atoms with E-state index in [2.05, 4.69) is 9.97 Å². The first-order chi connectivity index (χ1) is 10.2. The second kappa shape index (κ2) is 5.29. The molecule has 0 aliphatic carbocycles. The number of aliphatic hydroxyl groups excluding tert-OH is 1. The van der Waals surface area contributed by atoms with Crippen LogP contribution in [0.2, 0.25) is 0 Å². The Balaban J connectivity index is 2.04. The van der Waals surface area contributed by atoms with Crippen LogP contribution in [0, 0.1) is 0 Å². The van der Waals surface area contributed by atoms with Gasteiger partial charge in [0.05, 0.1) is 19.9 Å². The molecule has 0 bridgehead atoms. The molecule has 0 unspecified atom stereocenters. The molecule has 7 nitrogen and oxygen atoms in total. The lowest BCUT2D eigenvalue weighted by molar-refractivity contribution is 0.280. The van der Waals surface area contributed by atoms with Crippen molar-refractivity contribution in [2.75, 3.05) is 12.8 Å². The van der Waals surface area contributed by atoms with Crippen molar-refractivity contribution < 1.29 is 14.6 Å². The van der Waals surface area contributed by atoms with Gasteiger partial charge in [0.15, 0.2) is 11.5 Å². The minimum atomic E-state index is -0.0717. The van der Waals surface area contributed by atoms with Gasteiger partial charge in [0.1, 0.15) is 5.82 Å². The molecule has 108 valence electrons. The van der Waals surface area contributed by atoms with E-state index >= 15 is 0 Å². The second-order valence-electron chi connectivity index (χ2n) is 4.37. The van der Waals surface area contributed by atoms with Crippen molar-refractivity contribution in [1.29, 1.82) is 0 Å². The number of hydrogen-bond acceptors (Lipinski definition) is 6. The van der Waals surface area contributed by atoms with Crippen LogP contribution in [0.25, 0.3) is 5.65 Å². The molecule has 2 heterocycles. The van der Waals surface area contributed by atoms with Gasteiger partial charge in [-0.05, 0) is 17.7 Å². The Bertz CT molecular complexity index is 785. The van der Waals surface area contributed by atoms with Crippen molar-refractivity contribution in [2.24, 2.45) is 0 Å². The van der Waals surface area contributed by atoms with Gasteiger partial charge in [-0.3, -0.25) is 4.40 Å². The molecule has 21 heavy (non-hydrogen) atoms. The van der Waals surface area contributed by atoms with Gasteiger partial charge in [-0.15, -0.1) is 0 Å². The van der Waals surface area contributed by atoms with Crippen molar-refractivity contribution in [1.82, 2.24) is 14.4 Å². The van der Waals surface area contributed by atoms with Crippen LogP contribution in [-0.4, -0.2) is 26.6 Å². The molecule has 0 aliphatic rings. The third kappa shape index (κ3) is 2.46. The molecular formula is C14H14N4O3. The zero-order valence-corrected chi connectivity index (χ0v) is 11.4. The summed E-state index contributed by atoms with van der Waals surface area (Å²) in [5, 5.41) is 9.15. The highest BCUT2D eigenvalue weighted by Crippen LogP contribution is 2.33. The largest absolute Gasteiger partial charge is 0.493 e. The number of ether oxygens (including phenoxy) is 2. The highest BCUT2D eigenvalue weighted by Gasteiger charge is 2.12. The fourth-order valence-corrected chi connectivity index (χ4v) is 1.99. The average molecular weight is 286 g/mol. The summed E-state index contributed by atoms with van der Waals surface area (Å²) >= 11 is 0. The standard InChI is InChI=1S/C14H14N4O3/c1-20-11-6-9(8-19)2-3-10(11)21-14-13-16-4-5-18(13)7-12(15)17-14/h2-7,19H,8,15H2,1H3. The number of nitrogens with two attached hydrogens (primary N) is 1. The van der Waals surface area contributed by atoms with Crippen LogP contribution in [0.1, 0.15) is 5.56 Å². The summed E-state index contributed by atoms with van der Waals surface area (Å²) in [6, 6.07) is 5.14. The van der Waals surface area contributed by atoms with Gasteiger partial charge in [-0.25, -0.2) is 4.98 Å². The first kappa shape index (κ1) is 13.2. The third-order valence-corrected chi connectivity index (χ3v) is 2.98. The predicted octanol–water partition coefficient (Wildman–Crippen LogP) is 1.60. The Hall–Kier alpha value is -2.80. The van der Waals surface area contributed by atoms with Gasteiger partial charge in [0.2, 0.25) is 5.65 Å². The van der Waals surface area contributed by atoms with E-state index in [9.17, 15) is 0 Å². The number of nitrogen functional groups attached to an aromatic ring is 1. The normalized spacial score (nSPS) is 10.8. The van der Waals surface area contributed by atoms with Crippen LogP contribution in [0.15, 0.2) is 36.8 Å². The van der Waals surface area contributed by atoms with Crippen LogP contribution in [0.5, 0.6) is 17.4 Å². The minimum Gasteiger partial charge on any atom is -0.493 e. The van der Waals surface area contributed by atoms with E-state index in [-0.39, 0.29) is 12.5 Å². The van der Waals surface area contributed by atoms with Gasteiger partial charge in [0.25, 0.3) is 5.88 Å². The van der Waals surface area contributed by atoms with Crippen LogP contribution >= 0.6 is 0 Å². The predicted molar refractivity (Wildman–Crippen MR) is 76.4 cm³/mol. The summed E-state index contributed by atoms with van der Waals surface area (Å²) in [5.41, 5.74) is 7.03. The van der Waals surface area contributed by atoms with Crippen molar-refractivity contribution in [2.45, 2.75) is 6.61 Å². The Morgan fingerprint density at radius 2 is 2.19 bits per heavy atom. The molecule has 0 radical (unpaired) electrons. The highest BCUT2D eigenvalue weighted by molar-refractivity contribution is 5.55. The number of benzene rings is 1. The van der Waals surface area contributed by atoms with Crippen LogP contribution in [0.4, 0.5) is 5.82 Å². The molecule has 0 spiro atoms. The molecule has 3 rings (SSSR count). The maximum atomic E-state index is 9.15. The number of imidazole rings is 1. The first-order valence-corrected chi connectivity index (χ1v) is 6.26. The van der Waals surface area contributed by atoms with Crippen molar-refractivity contribution >= 4 is 11.5 Å². The van der Waals surface area contributed by atoms with Crippen molar-refractivity contribution in [3.8, 4) is 17.4 Å². The third-order valence-electron chi connectivity index (χ3n) is 2.98. The van der Waals surface area contributed by atoms with Gasteiger partial charge >= 0.3 is 0 Å². The summed E-state index contributed by atoms with van der Waals surface area (Å²) in [6.07, 6.45) is 5.04. The summed E-state index contributed by atoms with van der Waals surface area (Å²) < 4.78 is 12.8. The summed E-state index contributed by atoms with van der Waals surface area (Å²) in [7, 11) is 1.53. The number of methoxy groups -OCH3 is 1. The summed E-state index contributed by atoms with van der Waals surface area (Å²) in [5.74, 6) is 1.57.